The zero-order valence-corrected chi connectivity index (χ0v) is 18.9. The maximum absolute atomic E-state index is 13.0. The van der Waals surface area contributed by atoms with Crippen LogP contribution in [0.5, 0.6) is 0 Å². The molecular weight excluding hydrogens is 476 g/mol. The summed E-state index contributed by atoms with van der Waals surface area (Å²) in [7, 11) is 1.66. The van der Waals surface area contributed by atoms with Gasteiger partial charge in [0, 0.05) is 25.5 Å². The standard InChI is InChI=1S/C23H21F2N7O4/c1-26-14-11-16(28-13-5-4-10-32(22(13)34)17-6-2-3-9-27-17)30-19-18(14)31-36-20(19)21(33)29-12-7-8-15(12)35-23(24)25/h2-6,9-12,15,23,26H,7-8H2,1H3,(H,28,30)(H,29,33)/t12-,15-/m1/s1. The van der Waals surface area contributed by atoms with Crippen LogP contribution in [-0.4, -0.2) is 51.4 Å². The van der Waals surface area contributed by atoms with E-state index in [1.54, 1.807) is 55.8 Å². The molecule has 1 fully saturated rings. The lowest BCUT2D eigenvalue weighted by atomic mass is 9.89. The Morgan fingerprint density at radius 2 is 2.06 bits per heavy atom. The first-order valence-corrected chi connectivity index (χ1v) is 11.1. The molecule has 11 nitrogen and oxygen atoms in total. The van der Waals surface area contributed by atoms with E-state index in [4.69, 9.17) is 4.52 Å². The Morgan fingerprint density at radius 3 is 2.75 bits per heavy atom. The van der Waals surface area contributed by atoms with Crippen molar-refractivity contribution in [2.45, 2.75) is 31.6 Å². The summed E-state index contributed by atoms with van der Waals surface area (Å²) in [6.45, 7) is -2.92. The highest BCUT2D eigenvalue weighted by Gasteiger charge is 2.36. The zero-order valence-electron chi connectivity index (χ0n) is 18.9. The lowest BCUT2D eigenvalue weighted by Crippen LogP contribution is -2.52. The van der Waals surface area contributed by atoms with E-state index in [0.29, 0.717) is 29.9 Å². The van der Waals surface area contributed by atoms with Crippen LogP contribution in [0.3, 0.4) is 0 Å². The van der Waals surface area contributed by atoms with Gasteiger partial charge < -0.3 is 25.2 Å². The van der Waals surface area contributed by atoms with Crippen LogP contribution in [-0.2, 0) is 4.74 Å². The van der Waals surface area contributed by atoms with Gasteiger partial charge in [-0.25, -0.2) is 9.97 Å². The Bertz CT molecular complexity index is 1460. The van der Waals surface area contributed by atoms with E-state index in [9.17, 15) is 18.4 Å². The van der Waals surface area contributed by atoms with Gasteiger partial charge in [-0.2, -0.15) is 8.78 Å². The molecule has 4 aromatic rings. The number of rotatable bonds is 8. The third-order valence-electron chi connectivity index (χ3n) is 5.82. The van der Waals surface area contributed by atoms with Crippen molar-refractivity contribution in [3.8, 4) is 5.82 Å². The maximum atomic E-state index is 13.0. The molecule has 0 radical (unpaired) electrons. The average Bonchev–Trinajstić information content (AvgIpc) is 3.30. The van der Waals surface area contributed by atoms with Crippen LogP contribution in [0, 0.1) is 0 Å². The molecule has 0 aliphatic heterocycles. The van der Waals surface area contributed by atoms with Crippen LogP contribution in [0.25, 0.3) is 16.9 Å². The predicted molar refractivity (Wildman–Crippen MR) is 126 cm³/mol. The molecular formula is C23H21F2N7O4. The summed E-state index contributed by atoms with van der Waals surface area (Å²) in [6.07, 6.45) is 3.31. The number of amides is 1. The molecule has 4 heterocycles. The molecule has 1 aliphatic carbocycles. The number of carbonyl (C=O) groups is 1. The predicted octanol–water partition coefficient (Wildman–Crippen LogP) is 3.05. The number of alkyl halides is 2. The highest BCUT2D eigenvalue weighted by atomic mass is 19.3. The van der Waals surface area contributed by atoms with Gasteiger partial charge in [-0.3, -0.25) is 14.2 Å². The Labute approximate surface area is 202 Å². The topological polar surface area (TPSA) is 136 Å². The van der Waals surface area contributed by atoms with Crippen molar-refractivity contribution in [1.29, 1.82) is 0 Å². The lowest BCUT2D eigenvalue weighted by Gasteiger charge is -2.36. The molecule has 2 atom stereocenters. The van der Waals surface area contributed by atoms with Crippen molar-refractivity contribution in [2.75, 3.05) is 17.7 Å². The molecule has 1 saturated carbocycles. The van der Waals surface area contributed by atoms with Crippen molar-refractivity contribution in [3.63, 3.8) is 0 Å². The maximum Gasteiger partial charge on any atom is 0.345 e. The summed E-state index contributed by atoms with van der Waals surface area (Å²) in [5.74, 6) is -0.142. The number of hydrogen-bond acceptors (Lipinski definition) is 9. The zero-order chi connectivity index (χ0) is 25.2. The normalized spacial score (nSPS) is 17.1. The molecule has 3 N–H and O–H groups in total. The van der Waals surface area contributed by atoms with Gasteiger partial charge in [0.05, 0.1) is 17.8 Å². The van der Waals surface area contributed by atoms with Gasteiger partial charge in [0.25, 0.3) is 11.5 Å². The van der Waals surface area contributed by atoms with Crippen molar-refractivity contribution in [3.05, 3.63) is 64.9 Å². The second-order valence-electron chi connectivity index (χ2n) is 8.02. The molecule has 13 heteroatoms. The van der Waals surface area contributed by atoms with Gasteiger partial charge in [0.1, 0.15) is 22.8 Å². The summed E-state index contributed by atoms with van der Waals surface area (Å²) in [5, 5.41) is 12.5. The quantitative estimate of drug-likeness (QED) is 0.335. The minimum Gasteiger partial charge on any atom is -0.386 e. The van der Waals surface area contributed by atoms with Gasteiger partial charge >= 0.3 is 6.61 Å². The summed E-state index contributed by atoms with van der Waals surface area (Å²) in [5.41, 5.74) is 0.784. The van der Waals surface area contributed by atoms with Crippen molar-refractivity contribution < 1.29 is 22.8 Å². The van der Waals surface area contributed by atoms with Gasteiger partial charge in [-0.05, 0) is 37.1 Å². The fraction of sp³-hybridized carbons (Fsp3) is 0.261. The molecule has 0 bridgehead atoms. The van der Waals surface area contributed by atoms with Crippen LogP contribution >= 0.6 is 0 Å². The van der Waals surface area contributed by atoms with E-state index in [0.717, 1.165) is 0 Å². The van der Waals surface area contributed by atoms with Crippen molar-refractivity contribution in [1.82, 2.24) is 25.0 Å². The van der Waals surface area contributed by atoms with Gasteiger partial charge in [-0.15, -0.1) is 0 Å². The van der Waals surface area contributed by atoms with Crippen molar-refractivity contribution in [2.24, 2.45) is 0 Å². The van der Waals surface area contributed by atoms with Crippen LogP contribution < -0.4 is 21.5 Å². The second-order valence-corrected chi connectivity index (χ2v) is 8.02. The number of carbonyl (C=O) groups excluding carboxylic acids is 1. The van der Waals surface area contributed by atoms with Gasteiger partial charge in [0.2, 0.25) is 5.76 Å². The Kier molecular flexibility index (Phi) is 6.29. The van der Waals surface area contributed by atoms with E-state index < -0.39 is 24.7 Å². The minimum atomic E-state index is -2.92. The number of pyridine rings is 3. The molecule has 0 unspecified atom stereocenters. The number of anilines is 3. The molecule has 0 spiro atoms. The second kappa shape index (κ2) is 9.70. The van der Waals surface area contributed by atoms with E-state index in [-0.39, 0.29) is 28.3 Å². The molecule has 4 aromatic heterocycles. The molecule has 186 valence electrons. The fourth-order valence-corrected chi connectivity index (χ4v) is 3.89. The van der Waals surface area contributed by atoms with E-state index in [1.807, 2.05) is 0 Å². The van der Waals surface area contributed by atoms with Gasteiger partial charge in [-0.1, -0.05) is 11.2 Å². The molecule has 5 rings (SSSR count). The molecule has 36 heavy (non-hydrogen) atoms. The smallest absolute Gasteiger partial charge is 0.345 e. The number of aromatic nitrogens is 4. The SMILES string of the molecule is CNc1cc(Nc2cccn(-c3ccccn3)c2=O)nc2c(C(=O)N[C@@H]3CC[C@H]3OC(F)F)onc12. The highest BCUT2D eigenvalue weighted by Crippen LogP contribution is 2.29. The Balaban J connectivity index is 1.44. The monoisotopic (exact) mass is 497 g/mol. The molecule has 0 saturated heterocycles. The lowest BCUT2D eigenvalue weighted by molar-refractivity contribution is -0.188. The summed E-state index contributed by atoms with van der Waals surface area (Å²) >= 11 is 0. The number of hydrogen-bond donors (Lipinski definition) is 3. The van der Waals surface area contributed by atoms with Crippen molar-refractivity contribution >= 4 is 34.1 Å². The first-order chi connectivity index (χ1) is 17.4. The number of nitrogens with zero attached hydrogens (tertiary/aromatic N) is 4. The third-order valence-corrected chi connectivity index (χ3v) is 5.82. The number of ether oxygens (including phenoxy) is 1. The van der Waals surface area contributed by atoms with Crippen LogP contribution in [0.15, 0.2) is 58.1 Å². The largest absolute Gasteiger partial charge is 0.386 e. The fourth-order valence-electron chi connectivity index (χ4n) is 3.89. The minimum absolute atomic E-state index is 0.133. The average molecular weight is 497 g/mol. The molecule has 1 aliphatic rings. The third kappa shape index (κ3) is 4.47. The number of nitrogens with one attached hydrogen (secondary N) is 3. The van der Waals surface area contributed by atoms with E-state index in [1.165, 1.54) is 4.57 Å². The van der Waals surface area contributed by atoms with E-state index >= 15 is 0 Å². The van der Waals surface area contributed by atoms with Gasteiger partial charge in [0.15, 0.2) is 5.52 Å². The number of fused-ring (bicyclic) bond motifs is 1. The first-order valence-electron chi connectivity index (χ1n) is 11.1. The summed E-state index contributed by atoms with van der Waals surface area (Å²) in [4.78, 5) is 34.5. The summed E-state index contributed by atoms with van der Waals surface area (Å²) in [6, 6.07) is 9.54. The van der Waals surface area contributed by atoms with Crippen LogP contribution in [0.1, 0.15) is 23.4 Å². The number of halogens is 2. The molecule has 1 amide bonds. The molecule has 0 aromatic carbocycles. The Morgan fingerprint density at radius 1 is 1.19 bits per heavy atom. The highest BCUT2D eigenvalue weighted by molar-refractivity contribution is 6.05. The summed E-state index contributed by atoms with van der Waals surface area (Å²) < 4.78 is 36.2. The van der Waals surface area contributed by atoms with E-state index in [2.05, 4.69) is 35.8 Å². The van der Waals surface area contributed by atoms with Crippen LogP contribution in [0.4, 0.5) is 26.0 Å². The Hall–Kier alpha value is -4.39. The van der Waals surface area contributed by atoms with Crippen LogP contribution in [0.2, 0.25) is 0 Å². The first kappa shape index (κ1) is 23.4.